The van der Waals surface area contributed by atoms with Gasteiger partial charge in [0.1, 0.15) is 5.78 Å². The molecule has 1 heterocycles. The normalized spacial score (nSPS) is 26.1. The van der Waals surface area contributed by atoms with E-state index < -0.39 is 5.79 Å². The number of rotatable bonds is 0. The van der Waals surface area contributed by atoms with E-state index in [1.165, 1.54) is 0 Å². The molecule has 1 aromatic rings. The first-order valence-electron chi connectivity index (χ1n) is 5.71. The lowest BCUT2D eigenvalue weighted by Gasteiger charge is -2.35. The quantitative estimate of drug-likeness (QED) is 0.671. The van der Waals surface area contributed by atoms with Crippen molar-refractivity contribution >= 4 is 5.78 Å². The number of Topliss-reactive ketones (excluding diaryl/α,β-unsaturated/α-hetero) is 1. The summed E-state index contributed by atoms with van der Waals surface area (Å²) in [6, 6.07) is 7.60. The van der Waals surface area contributed by atoms with Gasteiger partial charge in [0.15, 0.2) is 11.5 Å². The zero-order valence-corrected chi connectivity index (χ0v) is 9.23. The van der Waals surface area contributed by atoms with E-state index in [-0.39, 0.29) is 11.7 Å². The first-order chi connectivity index (χ1) is 7.71. The molecule has 1 aliphatic heterocycles. The SMILES string of the molecule is C[C@H]1C(=O)CCCC12Oc1ccccc1O2. The van der Waals surface area contributed by atoms with E-state index in [2.05, 4.69) is 0 Å². The topological polar surface area (TPSA) is 35.5 Å². The van der Waals surface area contributed by atoms with Gasteiger partial charge in [0.2, 0.25) is 0 Å². The maximum Gasteiger partial charge on any atom is 0.261 e. The van der Waals surface area contributed by atoms with Gasteiger partial charge in [0.05, 0.1) is 5.92 Å². The standard InChI is InChI=1S/C13H14O3/c1-9-10(14)5-4-8-13(9)15-11-6-2-3-7-12(11)16-13/h2-3,6-7,9H,4-5,8H2,1H3/t9-/m0/s1. The number of carbonyl (C=O) groups excluding carboxylic acids is 1. The van der Waals surface area contributed by atoms with E-state index >= 15 is 0 Å². The average Bonchev–Trinajstić information content (AvgIpc) is 2.65. The van der Waals surface area contributed by atoms with Crippen LogP contribution in [0.1, 0.15) is 26.2 Å². The van der Waals surface area contributed by atoms with E-state index in [4.69, 9.17) is 9.47 Å². The smallest absolute Gasteiger partial charge is 0.261 e. The maximum atomic E-state index is 11.7. The molecule has 3 heteroatoms. The Morgan fingerprint density at radius 2 is 1.88 bits per heavy atom. The number of ether oxygens (including phenoxy) is 2. The number of ketones is 1. The number of carbonyl (C=O) groups is 1. The summed E-state index contributed by atoms with van der Waals surface area (Å²) in [5.74, 6) is 0.819. The van der Waals surface area contributed by atoms with E-state index in [0.717, 1.165) is 24.3 Å². The molecule has 1 aliphatic carbocycles. The summed E-state index contributed by atoms with van der Waals surface area (Å²) in [6.45, 7) is 1.90. The number of fused-ring (bicyclic) bond motifs is 1. The second kappa shape index (κ2) is 3.24. The van der Waals surface area contributed by atoms with Gasteiger partial charge in [0, 0.05) is 12.8 Å². The van der Waals surface area contributed by atoms with Crippen molar-refractivity contribution < 1.29 is 14.3 Å². The molecule has 1 saturated carbocycles. The highest BCUT2D eigenvalue weighted by Gasteiger charge is 2.51. The zero-order chi connectivity index (χ0) is 11.2. The summed E-state index contributed by atoms with van der Waals surface area (Å²) in [7, 11) is 0. The van der Waals surface area contributed by atoms with Gasteiger partial charge in [0.25, 0.3) is 5.79 Å². The van der Waals surface area contributed by atoms with Crippen LogP contribution in [0.3, 0.4) is 0 Å². The van der Waals surface area contributed by atoms with Gasteiger partial charge in [-0.2, -0.15) is 0 Å². The highest BCUT2D eigenvalue weighted by Crippen LogP contribution is 2.46. The second-order valence-electron chi connectivity index (χ2n) is 4.50. The fourth-order valence-electron chi connectivity index (χ4n) is 2.48. The van der Waals surface area contributed by atoms with Crippen LogP contribution in [0.2, 0.25) is 0 Å². The Bertz CT molecular complexity index is 414. The summed E-state index contributed by atoms with van der Waals surface area (Å²) in [5.41, 5.74) is 0. The lowest BCUT2D eigenvalue weighted by atomic mass is 9.83. The third-order valence-electron chi connectivity index (χ3n) is 3.51. The third kappa shape index (κ3) is 1.24. The van der Waals surface area contributed by atoms with Crippen molar-refractivity contribution in [1.82, 2.24) is 0 Å². The lowest BCUT2D eigenvalue weighted by Crippen LogP contribution is -2.50. The van der Waals surface area contributed by atoms with Crippen molar-refractivity contribution in [3.8, 4) is 11.5 Å². The van der Waals surface area contributed by atoms with E-state index in [1.807, 2.05) is 31.2 Å². The molecule has 2 aliphatic rings. The Hall–Kier alpha value is -1.51. The maximum absolute atomic E-state index is 11.7. The van der Waals surface area contributed by atoms with Gasteiger partial charge in [-0.05, 0) is 25.5 Å². The lowest BCUT2D eigenvalue weighted by molar-refractivity contribution is -0.162. The minimum Gasteiger partial charge on any atom is -0.448 e. The summed E-state index contributed by atoms with van der Waals surface area (Å²) in [5, 5.41) is 0. The molecule has 1 atom stereocenters. The van der Waals surface area contributed by atoms with Crippen molar-refractivity contribution in [2.45, 2.75) is 32.0 Å². The van der Waals surface area contributed by atoms with Gasteiger partial charge < -0.3 is 9.47 Å². The molecule has 3 rings (SSSR count). The van der Waals surface area contributed by atoms with Crippen LogP contribution in [-0.2, 0) is 4.79 Å². The highest BCUT2D eigenvalue weighted by molar-refractivity contribution is 5.82. The average molecular weight is 218 g/mol. The number of hydrogen-bond acceptors (Lipinski definition) is 3. The molecule has 0 unspecified atom stereocenters. The molecular weight excluding hydrogens is 204 g/mol. The number of hydrogen-bond donors (Lipinski definition) is 0. The molecule has 1 aromatic carbocycles. The number of benzene rings is 1. The molecule has 1 fully saturated rings. The minimum absolute atomic E-state index is 0.186. The van der Waals surface area contributed by atoms with Crippen molar-refractivity contribution in [1.29, 1.82) is 0 Å². The molecule has 16 heavy (non-hydrogen) atoms. The third-order valence-corrected chi connectivity index (χ3v) is 3.51. The van der Waals surface area contributed by atoms with Gasteiger partial charge in [-0.15, -0.1) is 0 Å². The van der Waals surface area contributed by atoms with E-state index in [9.17, 15) is 4.79 Å². The Kier molecular flexibility index (Phi) is 1.96. The Labute approximate surface area is 94.4 Å². The Morgan fingerprint density at radius 1 is 1.25 bits per heavy atom. The summed E-state index contributed by atoms with van der Waals surface area (Å²) in [4.78, 5) is 11.7. The summed E-state index contributed by atoms with van der Waals surface area (Å²) >= 11 is 0. The molecule has 0 saturated heterocycles. The predicted molar refractivity (Wildman–Crippen MR) is 58.5 cm³/mol. The van der Waals surface area contributed by atoms with E-state index in [1.54, 1.807) is 0 Å². The molecule has 0 amide bonds. The van der Waals surface area contributed by atoms with Crippen LogP contribution in [0.4, 0.5) is 0 Å². The van der Waals surface area contributed by atoms with Crippen LogP contribution in [-0.4, -0.2) is 11.6 Å². The predicted octanol–water partition coefficient (Wildman–Crippen LogP) is 2.54. The molecule has 0 N–H and O–H groups in total. The first kappa shape index (κ1) is 9.70. The Morgan fingerprint density at radius 3 is 2.50 bits per heavy atom. The minimum atomic E-state index is -0.737. The van der Waals surface area contributed by atoms with Crippen molar-refractivity contribution in [3.63, 3.8) is 0 Å². The van der Waals surface area contributed by atoms with Crippen molar-refractivity contribution in [2.75, 3.05) is 0 Å². The zero-order valence-electron chi connectivity index (χ0n) is 9.23. The molecule has 3 nitrogen and oxygen atoms in total. The van der Waals surface area contributed by atoms with Crippen LogP contribution in [0.15, 0.2) is 24.3 Å². The molecular formula is C13H14O3. The van der Waals surface area contributed by atoms with Crippen molar-refractivity contribution in [2.24, 2.45) is 5.92 Å². The van der Waals surface area contributed by atoms with E-state index in [0.29, 0.717) is 6.42 Å². The summed E-state index contributed by atoms with van der Waals surface area (Å²) in [6.07, 6.45) is 2.28. The largest absolute Gasteiger partial charge is 0.448 e. The van der Waals surface area contributed by atoms with Gasteiger partial charge in [-0.25, -0.2) is 0 Å². The van der Waals surface area contributed by atoms with Crippen LogP contribution in [0.5, 0.6) is 11.5 Å². The molecule has 0 aromatic heterocycles. The van der Waals surface area contributed by atoms with Crippen LogP contribution in [0.25, 0.3) is 0 Å². The number of para-hydroxylation sites is 2. The van der Waals surface area contributed by atoms with Crippen LogP contribution in [0, 0.1) is 5.92 Å². The molecule has 84 valence electrons. The fraction of sp³-hybridized carbons (Fsp3) is 0.462. The highest BCUT2D eigenvalue weighted by atomic mass is 16.7. The van der Waals surface area contributed by atoms with Gasteiger partial charge in [-0.3, -0.25) is 4.79 Å². The second-order valence-corrected chi connectivity index (χ2v) is 4.50. The fourth-order valence-corrected chi connectivity index (χ4v) is 2.48. The van der Waals surface area contributed by atoms with Gasteiger partial charge in [-0.1, -0.05) is 12.1 Å². The van der Waals surface area contributed by atoms with Gasteiger partial charge >= 0.3 is 0 Å². The van der Waals surface area contributed by atoms with Crippen molar-refractivity contribution in [3.05, 3.63) is 24.3 Å². The molecule has 1 spiro atoms. The Balaban J connectivity index is 1.96. The summed E-state index contributed by atoms with van der Waals surface area (Å²) < 4.78 is 11.8. The monoisotopic (exact) mass is 218 g/mol. The molecule has 0 radical (unpaired) electrons. The van der Waals surface area contributed by atoms with Crippen LogP contribution >= 0.6 is 0 Å². The molecule has 0 bridgehead atoms. The van der Waals surface area contributed by atoms with Crippen LogP contribution < -0.4 is 9.47 Å². The first-order valence-corrected chi connectivity index (χ1v) is 5.71.